The first-order valence-corrected chi connectivity index (χ1v) is 1.64. The summed E-state index contributed by atoms with van der Waals surface area (Å²) in [6.45, 7) is -0.128. The summed E-state index contributed by atoms with van der Waals surface area (Å²) >= 11 is 0. The quantitative estimate of drug-likeness (QED) is 0.399. The van der Waals surface area contributed by atoms with E-state index in [0.717, 1.165) is 0 Å². The zero-order valence-electron chi connectivity index (χ0n) is 3.39. The van der Waals surface area contributed by atoms with E-state index in [1.807, 2.05) is 0 Å². The van der Waals surface area contributed by atoms with Crippen molar-refractivity contribution >= 4 is 0 Å². The molecule has 0 amide bonds. The molecular formula is C4H7NO. The Labute approximate surface area is 37.0 Å². The maximum atomic E-state index is 8.07. The normalized spacial score (nSPS) is 12.8. The maximum absolute atomic E-state index is 8.07. The fourth-order valence-electron chi connectivity index (χ4n) is 0.0527. The van der Waals surface area contributed by atoms with Crippen LogP contribution in [0.1, 0.15) is 0 Å². The minimum atomic E-state index is -0.481. The van der Waals surface area contributed by atoms with Gasteiger partial charge < -0.3 is 10.8 Å². The van der Waals surface area contributed by atoms with Crippen molar-refractivity contribution in [2.75, 3.05) is 6.61 Å². The lowest BCUT2D eigenvalue weighted by Crippen LogP contribution is -2.21. The van der Waals surface area contributed by atoms with Gasteiger partial charge in [0.15, 0.2) is 0 Å². The molecule has 0 heterocycles. The van der Waals surface area contributed by atoms with Gasteiger partial charge in [-0.15, -0.1) is 6.42 Å². The van der Waals surface area contributed by atoms with Crippen LogP contribution < -0.4 is 5.73 Å². The van der Waals surface area contributed by atoms with Crippen molar-refractivity contribution in [2.24, 2.45) is 5.73 Å². The highest BCUT2D eigenvalue weighted by molar-refractivity contribution is 4.95. The van der Waals surface area contributed by atoms with E-state index >= 15 is 0 Å². The van der Waals surface area contributed by atoms with Crippen molar-refractivity contribution in [3.05, 3.63) is 0 Å². The molecule has 0 fully saturated rings. The van der Waals surface area contributed by atoms with Gasteiger partial charge in [-0.25, -0.2) is 0 Å². The smallest absolute Gasteiger partial charge is 0.0896 e. The first kappa shape index (κ1) is 5.48. The lowest BCUT2D eigenvalue weighted by molar-refractivity contribution is 0.287. The number of nitrogens with two attached hydrogens (primary N) is 1. The predicted molar refractivity (Wildman–Crippen MR) is 23.9 cm³/mol. The van der Waals surface area contributed by atoms with E-state index in [1.165, 1.54) is 0 Å². The van der Waals surface area contributed by atoms with Crippen molar-refractivity contribution in [3.63, 3.8) is 0 Å². The van der Waals surface area contributed by atoms with Gasteiger partial charge >= 0.3 is 0 Å². The monoisotopic (exact) mass is 85.1 g/mol. The molecule has 1 atom stereocenters. The van der Waals surface area contributed by atoms with Gasteiger partial charge in [0, 0.05) is 0 Å². The van der Waals surface area contributed by atoms with Crippen molar-refractivity contribution in [1.29, 1.82) is 0 Å². The van der Waals surface area contributed by atoms with Gasteiger partial charge in [0.25, 0.3) is 0 Å². The maximum Gasteiger partial charge on any atom is 0.0896 e. The van der Waals surface area contributed by atoms with Crippen LogP contribution in [0.15, 0.2) is 0 Å². The average molecular weight is 85.1 g/mol. The van der Waals surface area contributed by atoms with Crippen LogP contribution in [0, 0.1) is 12.3 Å². The third-order valence-corrected chi connectivity index (χ3v) is 0.411. The second-order valence-electron chi connectivity index (χ2n) is 0.956. The molecule has 0 saturated heterocycles. The molecular weight excluding hydrogens is 78.0 g/mol. The molecule has 0 bridgehead atoms. The second kappa shape index (κ2) is 2.70. The van der Waals surface area contributed by atoms with Gasteiger partial charge in [-0.1, -0.05) is 5.92 Å². The molecule has 0 saturated carbocycles. The van der Waals surface area contributed by atoms with Crippen LogP contribution in [0.4, 0.5) is 0 Å². The Bertz CT molecular complexity index is 64.4. The number of hydrogen-bond donors (Lipinski definition) is 2. The van der Waals surface area contributed by atoms with Crippen LogP contribution in [0.3, 0.4) is 0 Å². The first-order chi connectivity index (χ1) is 2.81. The molecule has 6 heavy (non-hydrogen) atoms. The number of aliphatic hydroxyl groups is 1. The zero-order valence-corrected chi connectivity index (χ0v) is 3.39. The Balaban J connectivity index is 3.04. The van der Waals surface area contributed by atoms with Crippen LogP contribution in [0.2, 0.25) is 0 Å². The van der Waals surface area contributed by atoms with E-state index in [9.17, 15) is 0 Å². The largest absolute Gasteiger partial charge is 0.394 e. The Morgan fingerprint density at radius 3 is 2.50 bits per heavy atom. The summed E-state index contributed by atoms with van der Waals surface area (Å²) in [7, 11) is 0. The molecule has 0 aromatic carbocycles. The molecule has 3 N–H and O–H groups in total. The van der Waals surface area contributed by atoms with E-state index in [1.54, 1.807) is 0 Å². The Morgan fingerprint density at radius 1 is 2.00 bits per heavy atom. The fourth-order valence-corrected chi connectivity index (χ4v) is 0.0527. The van der Waals surface area contributed by atoms with Gasteiger partial charge in [0.2, 0.25) is 0 Å². The molecule has 0 aliphatic carbocycles. The third kappa shape index (κ3) is 1.77. The van der Waals surface area contributed by atoms with E-state index in [2.05, 4.69) is 5.92 Å². The van der Waals surface area contributed by atoms with Crippen LogP contribution in [0.25, 0.3) is 0 Å². The SMILES string of the molecule is C#C[C@@H](N)CO. The molecule has 0 unspecified atom stereocenters. The summed E-state index contributed by atoms with van der Waals surface area (Å²) < 4.78 is 0. The summed E-state index contributed by atoms with van der Waals surface area (Å²) in [6.07, 6.45) is 4.75. The number of terminal acetylenes is 1. The number of aliphatic hydroxyl groups excluding tert-OH is 1. The van der Waals surface area contributed by atoms with E-state index in [0.29, 0.717) is 0 Å². The molecule has 0 spiro atoms. The molecule has 0 radical (unpaired) electrons. The van der Waals surface area contributed by atoms with Crippen LogP contribution in [-0.4, -0.2) is 17.8 Å². The topological polar surface area (TPSA) is 46.2 Å². The fraction of sp³-hybridized carbons (Fsp3) is 0.500. The predicted octanol–water partition coefficient (Wildman–Crippen LogP) is -1.06. The van der Waals surface area contributed by atoms with Crippen molar-refractivity contribution in [1.82, 2.24) is 0 Å². The van der Waals surface area contributed by atoms with Gasteiger partial charge in [-0.2, -0.15) is 0 Å². The van der Waals surface area contributed by atoms with Gasteiger partial charge in [0.1, 0.15) is 0 Å². The average Bonchev–Trinajstić information content (AvgIpc) is 1.65. The molecule has 0 aromatic rings. The molecule has 2 nitrogen and oxygen atoms in total. The van der Waals surface area contributed by atoms with Crippen LogP contribution in [-0.2, 0) is 0 Å². The highest BCUT2D eigenvalue weighted by Gasteiger charge is 1.86. The van der Waals surface area contributed by atoms with Crippen molar-refractivity contribution < 1.29 is 5.11 Å². The van der Waals surface area contributed by atoms with Crippen molar-refractivity contribution in [2.45, 2.75) is 6.04 Å². The standard InChI is InChI=1S/C4H7NO/c1-2-4(5)3-6/h1,4,6H,3,5H2/t4-/m1/s1. The molecule has 0 aliphatic heterocycles. The Morgan fingerprint density at radius 2 is 2.50 bits per heavy atom. The zero-order chi connectivity index (χ0) is 4.99. The minimum Gasteiger partial charge on any atom is -0.394 e. The van der Waals surface area contributed by atoms with E-state index in [-0.39, 0.29) is 6.61 Å². The Hall–Kier alpha value is -0.520. The molecule has 0 rings (SSSR count). The second-order valence-corrected chi connectivity index (χ2v) is 0.956. The summed E-state index contributed by atoms with van der Waals surface area (Å²) in [5.41, 5.74) is 4.99. The summed E-state index contributed by atoms with van der Waals surface area (Å²) in [5.74, 6) is 2.14. The molecule has 34 valence electrons. The number of hydrogen-bond acceptors (Lipinski definition) is 2. The number of rotatable bonds is 1. The van der Waals surface area contributed by atoms with Gasteiger partial charge in [-0.3, -0.25) is 0 Å². The summed E-state index contributed by atoms with van der Waals surface area (Å²) in [4.78, 5) is 0. The summed E-state index contributed by atoms with van der Waals surface area (Å²) in [6, 6.07) is -0.481. The molecule has 2 heteroatoms. The van der Waals surface area contributed by atoms with E-state index < -0.39 is 6.04 Å². The van der Waals surface area contributed by atoms with E-state index in [4.69, 9.17) is 17.3 Å². The summed E-state index contributed by atoms with van der Waals surface area (Å²) in [5, 5.41) is 8.07. The van der Waals surface area contributed by atoms with Crippen LogP contribution in [0.5, 0.6) is 0 Å². The lowest BCUT2D eigenvalue weighted by atomic mass is 10.4. The molecule has 0 aliphatic rings. The van der Waals surface area contributed by atoms with Gasteiger partial charge in [-0.05, 0) is 0 Å². The highest BCUT2D eigenvalue weighted by Crippen LogP contribution is 1.63. The van der Waals surface area contributed by atoms with Gasteiger partial charge in [0.05, 0.1) is 12.6 Å². The Kier molecular flexibility index (Phi) is 2.47. The highest BCUT2D eigenvalue weighted by atomic mass is 16.3. The van der Waals surface area contributed by atoms with Crippen molar-refractivity contribution in [3.8, 4) is 12.3 Å². The lowest BCUT2D eigenvalue weighted by Gasteiger charge is -1.91. The minimum absolute atomic E-state index is 0.128. The van der Waals surface area contributed by atoms with Crippen LogP contribution >= 0.6 is 0 Å². The first-order valence-electron chi connectivity index (χ1n) is 1.64. The molecule has 0 aromatic heterocycles. The third-order valence-electron chi connectivity index (χ3n) is 0.411.